The molecule has 4 N–H and O–H groups in total. The van der Waals surface area contributed by atoms with E-state index in [1.54, 1.807) is 0 Å². The molecule has 0 spiro atoms. The van der Waals surface area contributed by atoms with Gasteiger partial charge in [-0.1, -0.05) is 70.7 Å². The number of sulfonamides is 4. The van der Waals surface area contributed by atoms with E-state index in [1.807, 2.05) is 0 Å². The molecule has 4 aromatic carbocycles. The molecule has 0 heterocycles. The second-order valence-electron chi connectivity index (χ2n) is 11.5. The molecule has 0 radical (unpaired) electrons. The Morgan fingerprint density at radius 3 is 1.23 bits per heavy atom. The lowest BCUT2D eigenvalue weighted by molar-refractivity contribution is -0.385. The van der Waals surface area contributed by atoms with Crippen molar-refractivity contribution in [2.45, 2.75) is 9.79 Å². The first-order chi connectivity index (χ1) is 28.8. The second kappa shape index (κ2) is 20.1. The van der Waals surface area contributed by atoms with Crippen molar-refractivity contribution in [1.29, 1.82) is 0 Å². The molecule has 0 saturated heterocycles. The summed E-state index contributed by atoms with van der Waals surface area (Å²) in [5.74, 6) is -2.12. The summed E-state index contributed by atoms with van der Waals surface area (Å²) in [5, 5.41) is 33.2. The SMILES string of the molecule is NS(=O)(=O)C(/C=N/S(=O)(=O)c1cccc([N+](=O)[O-])c1)=C(/C=C/C=C/C(Oc1ccc(Cl)cc1Cl)=C(\C=N\S(=O)(=O)c1cccc([N+](=O)[O-])c1)S(N)(=O)=O)Oc1ccc(Cl)cc1Cl. The van der Waals surface area contributed by atoms with Crippen molar-refractivity contribution in [3.8, 4) is 11.5 Å². The molecule has 0 atom stereocenters. The van der Waals surface area contributed by atoms with E-state index in [4.69, 9.17) is 66.2 Å². The first-order valence-electron chi connectivity index (χ1n) is 16.0. The van der Waals surface area contributed by atoms with Gasteiger partial charge in [-0.25, -0.2) is 27.1 Å². The number of nitrogens with two attached hydrogens (primary N) is 2. The average molecular weight is 1010 g/mol. The van der Waals surface area contributed by atoms with Gasteiger partial charge in [-0.05, 0) is 60.7 Å². The number of hydrogen-bond acceptors (Lipinski definition) is 14. The van der Waals surface area contributed by atoms with Crippen LogP contribution in [0.5, 0.6) is 11.5 Å². The maximum Gasteiger partial charge on any atom is 0.282 e. The van der Waals surface area contributed by atoms with Crippen LogP contribution in [0.15, 0.2) is 149 Å². The fourth-order valence-electron chi connectivity index (χ4n) is 4.40. The summed E-state index contributed by atoms with van der Waals surface area (Å²) in [4.78, 5) is 17.1. The van der Waals surface area contributed by atoms with Crippen LogP contribution in [0.1, 0.15) is 0 Å². The zero-order valence-electron chi connectivity index (χ0n) is 30.4. The number of non-ortho nitro benzene ring substituents is 2. The van der Waals surface area contributed by atoms with Crippen LogP contribution in [0.3, 0.4) is 0 Å². The van der Waals surface area contributed by atoms with Crippen molar-refractivity contribution in [2.75, 3.05) is 0 Å². The number of ether oxygens (including phenoxy) is 2. The number of nitrogens with zero attached hydrogens (tertiary/aromatic N) is 4. The molecule has 0 aliphatic carbocycles. The quantitative estimate of drug-likeness (QED) is 0.0370. The van der Waals surface area contributed by atoms with E-state index in [1.165, 1.54) is 36.4 Å². The molecule has 20 nitrogen and oxygen atoms in total. The minimum Gasteiger partial charge on any atom is -0.454 e. The Morgan fingerprint density at radius 1 is 0.565 bits per heavy atom. The summed E-state index contributed by atoms with van der Waals surface area (Å²) in [7, 11) is -19.7. The van der Waals surface area contributed by atoms with Gasteiger partial charge in [0, 0.05) is 34.3 Å². The second-order valence-corrected chi connectivity index (χ2v) is 19.6. The van der Waals surface area contributed by atoms with Crippen molar-refractivity contribution in [2.24, 2.45) is 19.1 Å². The largest absolute Gasteiger partial charge is 0.454 e. The van der Waals surface area contributed by atoms with Gasteiger partial charge >= 0.3 is 0 Å². The molecule has 0 saturated carbocycles. The van der Waals surface area contributed by atoms with Gasteiger partial charge in [-0.3, -0.25) is 20.2 Å². The lowest BCUT2D eigenvalue weighted by Crippen LogP contribution is -2.19. The third-order valence-electron chi connectivity index (χ3n) is 7.20. The maximum absolute atomic E-state index is 13.1. The number of allylic oxidation sites excluding steroid dienone is 6. The Bertz CT molecular complexity index is 2910. The summed E-state index contributed by atoms with van der Waals surface area (Å²) in [5.41, 5.74) is -1.26. The Kier molecular flexibility index (Phi) is 15.9. The smallest absolute Gasteiger partial charge is 0.282 e. The molecule has 0 amide bonds. The number of benzene rings is 4. The number of nitro groups is 2. The van der Waals surface area contributed by atoms with E-state index < -0.39 is 92.4 Å². The van der Waals surface area contributed by atoms with Crippen LogP contribution in [-0.2, 0) is 40.1 Å². The van der Waals surface area contributed by atoms with Crippen LogP contribution in [-0.4, -0.2) is 55.9 Å². The monoisotopic (exact) mass is 1010 g/mol. The molecule has 0 aliphatic rings. The number of hydrogen-bond donors (Lipinski definition) is 2. The van der Waals surface area contributed by atoms with E-state index in [0.29, 0.717) is 12.1 Å². The van der Waals surface area contributed by atoms with E-state index in [-0.39, 0.29) is 44.0 Å². The summed E-state index contributed by atoms with van der Waals surface area (Å²) in [6, 6.07) is 14.6. The van der Waals surface area contributed by atoms with Crippen LogP contribution in [0.4, 0.5) is 11.4 Å². The minimum atomic E-state index is -5.00. The van der Waals surface area contributed by atoms with Crippen LogP contribution < -0.4 is 19.8 Å². The van der Waals surface area contributed by atoms with E-state index in [9.17, 15) is 53.9 Å². The van der Waals surface area contributed by atoms with E-state index in [2.05, 4.69) is 8.80 Å². The highest BCUT2D eigenvalue weighted by atomic mass is 35.5. The number of rotatable bonds is 17. The van der Waals surface area contributed by atoms with Gasteiger partial charge in [-0.2, -0.15) is 25.6 Å². The van der Waals surface area contributed by atoms with E-state index in [0.717, 1.165) is 60.7 Å². The van der Waals surface area contributed by atoms with Gasteiger partial charge in [-0.15, -0.1) is 0 Å². The Morgan fingerprint density at radius 2 is 0.919 bits per heavy atom. The highest BCUT2D eigenvalue weighted by Crippen LogP contribution is 2.32. The molecule has 0 unspecified atom stereocenters. The van der Waals surface area contributed by atoms with Gasteiger partial charge in [0.05, 0.1) is 42.1 Å². The normalized spacial score (nSPS) is 13.7. The third kappa shape index (κ3) is 13.5. The van der Waals surface area contributed by atoms with Gasteiger partial charge in [0.2, 0.25) is 20.0 Å². The molecule has 326 valence electrons. The Hall–Kier alpha value is -5.54. The molecule has 4 aromatic rings. The van der Waals surface area contributed by atoms with Gasteiger partial charge in [0.15, 0.2) is 0 Å². The van der Waals surface area contributed by atoms with Crippen LogP contribution in [0, 0.1) is 20.2 Å². The van der Waals surface area contributed by atoms with Crippen molar-refractivity contribution in [3.63, 3.8) is 0 Å². The molecular formula is C34H24Cl4N6O14S4. The molecular weight excluding hydrogens is 986 g/mol. The fourth-order valence-corrected chi connectivity index (χ4v) is 8.38. The first kappa shape index (κ1) is 49.1. The highest BCUT2D eigenvalue weighted by Gasteiger charge is 2.24. The lowest BCUT2D eigenvalue weighted by Gasteiger charge is -2.12. The van der Waals surface area contributed by atoms with Crippen molar-refractivity contribution in [1.82, 2.24) is 0 Å². The molecule has 0 aliphatic heterocycles. The number of primary sulfonamides is 2. The Balaban J connectivity index is 1.93. The minimum absolute atomic E-state index is 0.120. The van der Waals surface area contributed by atoms with E-state index >= 15 is 0 Å². The average Bonchev–Trinajstić information content (AvgIpc) is 3.17. The molecule has 62 heavy (non-hydrogen) atoms. The van der Waals surface area contributed by atoms with Crippen LogP contribution in [0.25, 0.3) is 0 Å². The highest BCUT2D eigenvalue weighted by molar-refractivity contribution is 7.94. The molecule has 0 aromatic heterocycles. The summed E-state index contributed by atoms with van der Waals surface area (Å²) < 4.78 is 122. The van der Waals surface area contributed by atoms with Crippen molar-refractivity contribution < 1.29 is 53.0 Å². The standard InChI is InChI=1S/C34H24Cl4N6O14S4/c35-21-11-13-29(27(37)15-21)57-31(33(59(39,49)50)19-41-61(53,54)25-7-3-5-23(17-25)43(45)46)9-1-2-10-32(58-30-14-12-22(36)16-28(30)38)34(60(40,51)52)20-42-62(55,56)26-8-4-6-24(18-26)44(47)48/h1-20H,(H2,39,49,50)(H2,40,51,52)/b9-1+,10-2+,33-31-,34-32-,41-19+,42-20+. The molecule has 28 heteroatoms. The Labute approximate surface area is 372 Å². The third-order valence-corrected chi connectivity index (χ3v) is 12.6. The van der Waals surface area contributed by atoms with Gasteiger partial charge in [0.25, 0.3) is 31.4 Å². The first-order valence-corrected chi connectivity index (χ1v) is 23.5. The van der Waals surface area contributed by atoms with Gasteiger partial charge in [0.1, 0.15) is 32.8 Å². The van der Waals surface area contributed by atoms with Gasteiger partial charge < -0.3 is 9.47 Å². The number of halogens is 4. The maximum atomic E-state index is 13.1. The predicted octanol–water partition coefficient (Wildman–Crippen LogP) is 6.61. The zero-order chi connectivity index (χ0) is 46.2. The summed E-state index contributed by atoms with van der Waals surface area (Å²) >= 11 is 24.4. The molecule has 0 bridgehead atoms. The summed E-state index contributed by atoms with van der Waals surface area (Å²) in [6.07, 6.45) is 4.14. The number of nitro benzene ring substituents is 2. The molecule has 4 rings (SSSR count). The van der Waals surface area contributed by atoms with Crippen LogP contribution in [0.2, 0.25) is 20.1 Å². The molecule has 0 fully saturated rings. The van der Waals surface area contributed by atoms with Crippen molar-refractivity contribution >= 4 is 110 Å². The lowest BCUT2D eigenvalue weighted by atomic mass is 10.3. The van der Waals surface area contributed by atoms with Crippen molar-refractivity contribution in [3.05, 3.63) is 171 Å². The fraction of sp³-hybridized carbons (Fsp3) is 0. The predicted molar refractivity (Wildman–Crippen MR) is 230 cm³/mol. The van der Waals surface area contributed by atoms with Crippen LogP contribution >= 0.6 is 46.4 Å². The topological polar surface area (TPSA) is 318 Å². The zero-order valence-corrected chi connectivity index (χ0v) is 36.6. The summed E-state index contributed by atoms with van der Waals surface area (Å²) in [6.45, 7) is 0.